The minimum atomic E-state index is 0.640. The Balaban J connectivity index is 1.98. The first-order chi connectivity index (χ1) is 9.29. The zero-order chi connectivity index (χ0) is 13.2. The van der Waals surface area contributed by atoms with E-state index in [0.717, 1.165) is 25.4 Å². The molecular weight excluding hydrogens is 236 g/mol. The molecule has 0 saturated carbocycles. The Morgan fingerprint density at radius 2 is 2.26 bits per heavy atom. The molecule has 0 radical (unpaired) electrons. The van der Waals surface area contributed by atoms with Gasteiger partial charge in [-0.1, -0.05) is 0 Å². The summed E-state index contributed by atoms with van der Waals surface area (Å²) in [5, 5.41) is 4.78. The highest BCUT2D eigenvalue weighted by Crippen LogP contribution is 2.30. The third-order valence-electron chi connectivity index (χ3n) is 4.08. The van der Waals surface area contributed by atoms with Crippen molar-refractivity contribution in [1.82, 2.24) is 9.88 Å². The van der Waals surface area contributed by atoms with Crippen molar-refractivity contribution in [2.24, 2.45) is 7.05 Å². The molecule has 0 amide bonds. The lowest BCUT2D eigenvalue weighted by molar-refractivity contribution is 0.340. The Labute approximate surface area is 114 Å². The molecule has 1 aromatic heterocycles. The number of hydrogen-bond acceptors (Lipinski definition) is 2. The lowest BCUT2D eigenvalue weighted by Gasteiger charge is -2.23. The first-order valence-electron chi connectivity index (χ1n) is 7.22. The van der Waals surface area contributed by atoms with Crippen molar-refractivity contribution in [3.8, 4) is 5.75 Å². The summed E-state index contributed by atoms with van der Waals surface area (Å²) in [4.78, 5) is 0. The molecule has 1 aromatic carbocycles. The molecule has 0 aliphatic carbocycles. The molecule has 0 spiro atoms. The topological polar surface area (TPSA) is 26.2 Å². The molecular formula is C16H22N2O. The minimum Gasteiger partial charge on any atom is -0.494 e. The summed E-state index contributed by atoms with van der Waals surface area (Å²) < 4.78 is 7.92. The van der Waals surface area contributed by atoms with Crippen LogP contribution < -0.4 is 10.1 Å². The third kappa shape index (κ3) is 2.35. The van der Waals surface area contributed by atoms with E-state index in [0.29, 0.717) is 5.92 Å². The van der Waals surface area contributed by atoms with Crippen LogP contribution in [0.25, 0.3) is 10.9 Å². The number of nitrogens with zero attached hydrogens (tertiary/aromatic N) is 1. The molecule has 1 N–H and O–H groups in total. The number of nitrogens with one attached hydrogen (secondary N) is 1. The van der Waals surface area contributed by atoms with E-state index in [-0.39, 0.29) is 0 Å². The summed E-state index contributed by atoms with van der Waals surface area (Å²) in [6.45, 7) is 5.00. The zero-order valence-electron chi connectivity index (χ0n) is 11.8. The maximum atomic E-state index is 5.59. The molecule has 3 rings (SSSR count). The van der Waals surface area contributed by atoms with Crippen molar-refractivity contribution >= 4 is 10.9 Å². The Hall–Kier alpha value is -1.48. The van der Waals surface area contributed by atoms with Gasteiger partial charge in [-0.25, -0.2) is 0 Å². The molecule has 3 heteroatoms. The van der Waals surface area contributed by atoms with E-state index >= 15 is 0 Å². The molecule has 1 fully saturated rings. The number of benzene rings is 1. The SMILES string of the molecule is CCOc1ccc2c(c1)cc(C1CCCNC1)n2C. The second kappa shape index (κ2) is 5.25. The predicted octanol–water partition coefficient (Wildman–Crippen LogP) is 3.04. The maximum Gasteiger partial charge on any atom is 0.120 e. The van der Waals surface area contributed by atoms with Crippen LogP contribution in [0.15, 0.2) is 24.3 Å². The number of rotatable bonds is 3. The largest absolute Gasteiger partial charge is 0.494 e. The Morgan fingerprint density at radius 3 is 3.00 bits per heavy atom. The van der Waals surface area contributed by atoms with Gasteiger partial charge < -0.3 is 14.6 Å². The normalized spacial score (nSPS) is 19.8. The first kappa shape index (κ1) is 12.5. The summed E-state index contributed by atoms with van der Waals surface area (Å²) in [6, 6.07) is 8.71. The van der Waals surface area contributed by atoms with Crippen molar-refractivity contribution in [1.29, 1.82) is 0 Å². The number of hydrogen-bond donors (Lipinski definition) is 1. The van der Waals surface area contributed by atoms with Gasteiger partial charge in [0.25, 0.3) is 0 Å². The fourth-order valence-electron chi connectivity index (χ4n) is 3.10. The highest BCUT2D eigenvalue weighted by Gasteiger charge is 2.19. The molecule has 2 heterocycles. The molecule has 1 aliphatic rings. The highest BCUT2D eigenvalue weighted by molar-refractivity contribution is 5.83. The van der Waals surface area contributed by atoms with E-state index in [4.69, 9.17) is 4.74 Å². The lowest BCUT2D eigenvalue weighted by Crippen LogP contribution is -2.29. The van der Waals surface area contributed by atoms with Crippen LogP contribution in [0.3, 0.4) is 0 Å². The molecule has 1 saturated heterocycles. The fraction of sp³-hybridized carbons (Fsp3) is 0.500. The zero-order valence-corrected chi connectivity index (χ0v) is 11.8. The van der Waals surface area contributed by atoms with Gasteiger partial charge in [-0.05, 0) is 50.6 Å². The van der Waals surface area contributed by atoms with E-state index in [1.54, 1.807) is 0 Å². The fourth-order valence-corrected chi connectivity index (χ4v) is 3.10. The number of fused-ring (bicyclic) bond motifs is 1. The van der Waals surface area contributed by atoms with Crippen molar-refractivity contribution in [3.05, 3.63) is 30.0 Å². The summed E-state index contributed by atoms with van der Waals surface area (Å²) in [7, 11) is 2.17. The van der Waals surface area contributed by atoms with Crippen molar-refractivity contribution in [3.63, 3.8) is 0 Å². The molecule has 2 aromatic rings. The van der Waals surface area contributed by atoms with Crippen LogP contribution in [-0.2, 0) is 7.05 Å². The molecule has 1 unspecified atom stereocenters. The maximum absolute atomic E-state index is 5.59. The Kier molecular flexibility index (Phi) is 3.47. The van der Waals surface area contributed by atoms with Crippen molar-refractivity contribution in [2.75, 3.05) is 19.7 Å². The molecule has 1 atom stereocenters. The number of piperidine rings is 1. The number of ether oxygens (including phenoxy) is 1. The second-order valence-electron chi connectivity index (χ2n) is 5.33. The highest BCUT2D eigenvalue weighted by atomic mass is 16.5. The van der Waals surface area contributed by atoms with E-state index in [1.807, 2.05) is 6.92 Å². The molecule has 1 aliphatic heterocycles. The predicted molar refractivity (Wildman–Crippen MR) is 78.9 cm³/mol. The van der Waals surface area contributed by atoms with Crippen LogP contribution in [0.1, 0.15) is 31.4 Å². The molecule has 3 nitrogen and oxygen atoms in total. The van der Waals surface area contributed by atoms with Crippen LogP contribution >= 0.6 is 0 Å². The molecule has 102 valence electrons. The van der Waals surface area contributed by atoms with E-state index < -0.39 is 0 Å². The summed E-state index contributed by atoms with van der Waals surface area (Å²) in [5.74, 6) is 1.61. The van der Waals surface area contributed by atoms with E-state index in [9.17, 15) is 0 Å². The average Bonchev–Trinajstić information content (AvgIpc) is 2.77. The van der Waals surface area contributed by atoms with Crippen LogP contribution in [-0.4, -0.2) is 24.3 Å². The summed E-state index contributed by atoms with van der Waals surface area (Å²) in [5.41, 5.74) is 2.74. The van der Waals surface area contributed by atoms with Crippen molar-refractivity contribution in [2.45, 2.75) is 25.7 Å². The van der Waals surface area contributed by atoms with Gasteiger partial charge in [0, 0.05) is 36.1 Å². The van der Waals surface area contributed by atoms with E-state index in [2.05, 4.69) is 41.2 Å². The monoisotopic (exact) mass is 258 g/mol. The van der Waals surface area contributed by atoms with Gasteiger partial charge >= 0.3 is 0 Å². The number of aryl methyl sites for hydroxylation is 1. The quantitative estimate of drug-likeness (QED) is 0.916. The van der Waals surface area contributed by atoms with Crippen LogP contribution in [0.2, 0.25) is 0 Å². The van der Waals surface area contributed by atoms with Gasteiger partial charge in [-0.2, -0.15) is 0 Å². The lowest BCUT2D eigenvalue weighted by atomic mass is 9.96. The van der Waals surface area contributed by atoms with Gasteiger partial charge in [-0.15, -0.1) is 0 Å². The smallest absolute Gasteiger partial charge is 0.120 e. The van der Waals surface area contributed by atoms with Gasteiger partial charge in [0.15, 0.2) is 0 Å². The standard InChI is InChI=1S/C16H22N2O/c1-3-19-14-6-7-15-13(9-14)10-16(18(15)2)12-5-4-8-17-11-12/h6-7,9-10,12,17H,3-5,8,11H2,1-2H3. The van der Waals surface area contributed by atoms with Crippen LogP contribution in [0.4, 0.5) is 0 Å². The van der Waals surface area contributed by atoms with Crippen LogP contribution in [0, 0.1) is 0 Å². The molecule has 0 bridgehead atoms. The minimum absolute atomic E-state index is 0.640. The van der Waals surface area contributed by atoms with Crippen molar-refractivity contribution < 1.29 is 4.74 Å². The summed E-state index contributed by atoms with van der Waals surface area (Å²) in [6.07, 6.45) is 2.56. The van der Waals surface area contributed by atoms with Gasteiger partial charge in [0.2, 0.25) is 0 Å². The molecule has 19 heavy (non-hydrogen) atoms. The first-order valence-corrected chi connectivity index (χ1v) is 7.22. The number of aromatic nitrogens is 1. The summed E-state index contributed by atoms with van der Waals surface area (Å²) >= 11 is 0. The van der Waals surface area contributed by atoms with Gasteiger partial charge in [0.1, 0.15) is 5.75 Å². The van der Waals surface area contributed by atoms with Gasteiger partial charge in [-0.3, -0.25) is 0 Å². The Bertz CT molecular complexity index is 567. The van der Waals surface area contributed by atoms with Gasteiger partial charge in [0.05, 0.1) is 6.61 Å². The van der Waals surface area contributed by atoms with Crippen LogP contribution in [0.5, 0.6) is 5.75 Å². The average molecular weight is 258 g/mol. The second-order valence-corrected chi connectivity index (χ2v) is 5.33. The third-order valence-corrected chi connectivity index (χ3v) is 4.08. The van der Waals surface area contributed by atoms with E-state index in [1.165, 1.54) is 29.4 Å². The Morgan fingerprint density at radius 1 is 1.37 bits per heavy atom.